The van der Waals surface area contributed by atoms with Gasteiger partial charge in [0.2, 0.25) is 0 Å². The van der Waals surface area contributed by atoms with Crippen molar-refractivity contribution in [2.45, 2.75) is 38.1 Å². The molecule has 6 heterocycles. The van der Waals surface area contributed by atoms with E-state index in [4.69, 9.17) is 21.6 Å². The Morgan fingerprint density at radius 2 is 2.03 bits per heavy atom. The third-order valence-corrected chi connectivity index (χ3v) is 8.56. The van der Waals surface area contributed by atoms with Crippen LogP contribution in [-0.4, -0.2) is 59.6 Å². The molecule has 9 heteroatoms. The van der Waals surface area contributed by atoms with Gasteiger partial charge in [0.25, 0.3) is 0 Å². The molecule has 1 N–H and O–H groups in total. The number of aromatic nitrogens is 4. The fourth-order valence-corrected chi connectivity index (χ4v) is 6.60. The highest BCUT2D eigenvalue weighted by molar-refractivity contribution is 7.97. The Hall–Kier alpha value is -2.55. The Bertz CT molecular complexity index is 1420. The van der Waals surface area contributed by atoms with E-state index < -0.39 is 0 Å². The van der Waals surface area contributed by atoms with Crippen LogP contribution < -0.4 is 4.90 Å². The minimum atomic E-state index is 0.190. The molecule has 0 spiro atoms. The van der Waals surface area contributed by atoms with Gasteiger partial charge in [0.15, 0.2) is 5.65 Å². The number of benzene rings is 1. The first kappa shape index (κ1) is 21.0. The van der Waals surface area contributed by atoms with E-state index in [2.05, 4.69) is 28.2 Å². The van der Waals surface area contributed by atoms with Crippen LogP contribution in [0.25, 0.3) is 33.2 Å². The number of hydrogen-bond donors (Lipinski definition) is 1. The van der Waals surface area contributed by atoms with E-state index in [0.717, 1.165) is 40.6 Å². The van der Waals surface area contributed by atoms with Crippen LogP contribution in [0.15, 0.2) is 30.6 Å². The SMILES string of the molecule is Cc1c(O)c(-c2ccc3c(Cl)c(N4C[C@H](C)SN5C[C@H]4[C@@H]5C)cnc3n2)cc2cn(C)nc12. The fourth-order valence-electron chi connectivity index (χ4n) is 5.03. The van der Waals surface area contributed by atoms with Crippen LogP contribution in [-0.2, 0) is 7.05 Å². The zero-order valence-electron chi connectivity index (χ0n) is 18.9. The lowest BCUT2D eigenvalue weighted by atomic mass is 9.99. The molecule has 7 nitrogen and oxygen atoms in total. The summed E-state index contributed by atoms with van der Waals surface area (Å²) in [6.07, 6.45) is 3.80. The van der Waals surface area contributed by atoms with Crippen molar-refractivity contribution in [3.8, 4) is 17.0 Å². The molecule has 3 aliphatic heterocycles. The van der Waals surface area contributed by atoms with Crippen LogP contribution in [0.5, 0.6) is 5.75 Å². The summed E-state index contributed by atoms with van der Waals surface area (Å²) in [7, 11) is 1.87. The number of aryl methyl sites for hydroxylation is 2. The Morgan fingerprint density at radius 1 is 1.21 bits per heavy atom. The summed E-state index contributed by atoms with van der Waals surface area (Å²) in [6, 6.07) is 6.73. The molecule has 7 rings (SSSR count). The fraction of sp³-hybridized carbons (Fsp3) is 0.375. The van der Waals surface area contributed by atoms with Crippen molar-refractivity contribution in [2.75, 3.05) is 18.0 Å². The van der Waals surface area contributed by atoms with E-state index in [1.807, 2.05) is 56.5 Å². The molecule has 1 unspecified atom stereocenters. The average Bonchev–Trinajstić information content (AvgIpc) is 3.01. The first-order valence-electron chi connectivity index (χ1n) is 11.1. The van der Waals surface area contributed by atoms with Crippen molar-refractivity contribution in [3.05, 3.63) is 41.2 Å². The van der Waals surface area contributed by atoms with Crippen molar-refractivity contribution >= 4 is 51.2 Å². The van der Waals surface area contributed by atoms with E-state index >= 15 is 0 Å². The normalized spacial score (nSPS) is 24.8. The topological polar surface area (TPSA) is 70.3 Å². The first-order valence-corrected chi connectivity index (χ1v) is 12.3. The van der Waals surface area contributed by atoms with Gasteiger partial charge in [0, 0.05) is 59.5 Å². The largest absolute Gasteiger partial charge is 0.507 e. The number of phenolic OH excluding ortho intramolecular Hbond substituents is 1. The Morgan fingerprint density at radius 3 is 2.82 bits per heavy atom. The van der Waals surface area contributed by atoms with E-state index in [0.29, 0.717) is 39.3 Å². The Balaban J connectivity index is 1.43. The summed E-state index contributed by atoms with van der Waals surface area (Å²) in [5.74, 6) is 0.190. The lowest BCUT2D eigenvalue weighted by Crippen LogP contribution is -2.61. The predicted octanol–water partition coefficient (Wildman–Crippen LogP) is 4.78. The van der Waals surface area contributed by atoms with E-state index in [1.165, 1.54) is 0 Å². The van der Waals surface area contributed by atoms with Crippen LogP contribution in [0.2, 0.25) is 5.02 Å². The second-order valence-electron chi connectivity index (χ2n) is 9.14. The van der Waals surface area contributed by atoms with Crippen LogP contribution in [0.1, 0.15) is 19.4 Å². The molecule has 33 heavy (non-hydrogen) atoms. The summed E-state index contributed by atoms with van der Waals surface area (Å²) < 4.78 is 4.21. The van der Waals surface area contributed by atoms with Gasteiger partial charge in [0.05, 0.1) is 34.2 Å². The molecular weight excluding hydrogens is 456 g/mol. The number of aromatic hydroxyl groups is 1. The number of rotatable bonds is 2. The maximum atomic E-state index is 10.9. The summed E-state index contributed by atoms with van der Waals surface area (Å²) in [6.45, 7) is 8.38. The number of fused-ring (bicyclic) bond motifs is 5. The van der Waals surface area contributed by atoms with Crippen molar-refractivity contribution in [1.82, 2.24) is 24.1 Å². The van der Waals surface area contributed by atoms with Crippen molar-refractivity contribution in [1.29, 1.82) is 0 Å². The van der Waals surface area contributed by atoms with Crippen LogP contribution in [0.3, 0.4) is 0 Å². The van der Waals surface area contributed by atoms with Gasteiger partial charge in [-0.15, -0.1) is 0 Å². The molecule has 3 aromatic heterocycles. The number of pyridine rings is 2. The molecule has 0 radical (unpaired) electrons. The van der Waals surface area contributed by atoms with Crippen molar-refractivity contribution < 1.29 is 5.11 Å². The van der Waals surface area contributed by atoms with Crippen LogP contribution >= 0.6 is 23.5 Å². The highest BCUT2D eigenvalue weighted by Gasteiger charge is 2.44. The standard InChI is InChI=1S/C24H25ClN6OS/c1-12-9-30(20-11-31(33-12)14(20)3)19-8-26-24-16(21(19)25)5-6-18(27-24)17-7-15-10-29(4)28-22(15)13(2)23(17)32/h5-8,10,12,14,20,32H,9,11H2,1-4H3/t12-,14-,20-/m0/s1. The molecule has 3 aliphatic rings. The summed E-state index contributed by atoms with van der Waals surface area (Å²) in [5, 5.41) is 18.3. The summed E-state index contributed by atoms with van der Waals surface area (Å²) in [5.41, 5.74) is 4.40. The lowest BCUT2D eigenvalue weighted by molar-refractivity contribution is 0.194. The molecular formula is C24H25ClN6OS. The molecule has 0 aliphatic carbocycles. The van der Waals surface area contributed by atoms with Gasteiger partial charge in [-0.25, -0.2) is 14.3 Å². The van der Waals surface area contributed by atoms with Gasteiger partial charge in [0.1, 0.15) is 5.75 Å². The summed E-state index contributed by atoms with van der Waals surface area (Å²) in [4.78, 5) is 11.9. The average molecular weight is 481 g/mol. The number of hydrogen-bond acceptors (Lipinski definition) is 7. The molecule has 4 aromatic rings. The third-order valence-electron chi connectivity index (χ3n) is 6.90. The van der Waals surface area contributed by atoms with Crippen LogP contribution in [0, 0.1) is 6.92 Å². The van der Waals surface area contributed by atoms with Gasteiger partial charge < -0.3 is 10.0 Å². The van der Waals surface area contributed by atoms with Gasteiger partial charge >= 0.3 is 0 Å². The minimum Gasteiger partial charge on any atom is -0.507 e. The number of anilines is 1. The minimum absolute atomic E-state index is 0.190. The van der Waals surface area contributed by atoms with E-state index in [-0.39, 0.29) is 5.75 Å². The monoisotopic (exact) mass is 480 g/mol. The van der Waals surface area contributed by atoms with Gasteiger partial charge in [-0.05, 0) is 32.0 Å². The molecule has 4 atom stereocenters. The molecule has 3 saturated heterocycles. The van der Waals surface area contributed by atoms with E-state index in [1.54, 1.807) is 4.68 Å². The van der Waals surface area contributed by atoms with Gasteiger partial charge in [-0.2, -0.15) is 5.10 Å². The molecule has 0 saturated carbocycles. The second-order valence-corrected chi connectivity index (χ2v) is 11.0. The Labute approximate surface area is 201 Å². The van der Waals surface area contributed by atoms with Gasteiger partial charge in [-0.1, -0.05) is 30.5 Å². The molecule has 0 amide bonds. The zero-order valence-corrected chi connectivity index (χ0v) is 20.5. The quantitative estimate of drug-likeness (QED) is 0.414. The predicted molar refractivity (Wildman–Crippen MR) is 135 cm³/mol. The van der Waals surface area contributed by atoms with Gasteiger partial charge in [-0.3, -0.25) is 4.68 Å². The third kappa shape index (κ3) is 3.19. The van der Waals surface area contributed by atoms with Crippen molar-refractivity contribution in [3.63, 3.8) is 0 Å². The first-order chi connectivity index (χ1) is 15.8. The highest BCUT2D eigenvalue weighted by atomic mass is 35.5. The summed E-state index contributed by atoms with van der Waals surface area (Å²) >= 11 is 8.87. The smallest absolute Gasteiger partial charge is 0.161 e. The van der Waals surface area contributed by atoms with Crippen molar-refractivity contribution in [2.24, 2.45) is 7.05 Å². The highest BCUT2D eigenvalue weighted by Crippen LogP contribution is 2.43. The number of halogens is 1. The maximum Gasteiger partial charge on any atom is 0.161 e. The zero-order chi connectivity index (χ0) is 23.0. The van der Waals surface area contributed by atoms with E-state index in [9.17, 15) is 5.11 Å². The molecule has 2 bridgehead atoms. The number of nitrogens with zero attached hydrogens (tertiary/aromatic N) is 6. The second kappa shape index (κ2) is 7.48. The van der Waals surface area contributed by atoms with Crippen LogP contribution in [0.4, 0.5) is 5.69 Å². The number of phenols is 1. The molecule has 1 aromatic carbocycles. The molecule has 3 fully saturated rings. The Kier molecular flexibility index (Phi) is 4.76. The lowest BCUT2D eigenvalue weighted by Gasteiger charge is -2.48. The maximum absolute atomic E-state index is 10.9. The molecule has 170 valence electrons.